The lowest BCUT2D eigenvalue weighted by atomic mass is 9.83. The first kappa shape index (κ1) is 14.5. The molecule has 1 N–H and O–H groups in total. The predicted octanol–water partition coefficient (Wildman–Crippen LogP) is 3.66. The molecule has 106 valence electrons. The molecule has 0 spiro atoms. The van der Waals surface area contributed by atoms with E-state index in [1.807, 2.05) is 0 Å². The molecule has 1 fully saturated rings. The van der Waals surface area contributed by atoms with Gasteiger partial charge in [0.15, 0.2) is 5.82 Å². The van der Waals surface area contributed by atoms with Crippen molar-refractivity contribution in [3.63, 3.8) is 0 Å². The SMILES string of the molecule is CCC1(CNc2cc(Cl)nc(COC)n2)CCCC1. The minimum atomic E-state index is 0.383. The largest absolute Gasteiger partial charge is 0.377 e. The van der Waals surface area contributed by atoms with Crippen LogP contribution in [0.25, 0.3) is 0 Å². The van der Waals surface area contributed by atoms with Crippen LogP contribution in [0, 0.1) is 5.41 Å². The van der Waals surface area contributed by atoms with E-state index >= 15 is 0 Å². The monoisotopic (exact) mass is 283 g/mol. The average Bonchev–Trinajstić information content (AvgIpc) is 2.86. The van der Waals surface area contributed by atoms with Crippen LogP contribution in [0.2, 0.25) is 5.15 Å². The van der Waals surface area contributed by atoms with Crippen LogP contribution < -0.4 is 5.32 Å². The van der Waals surface area contributed by atoms with Crippen molar-refractivity contribution in [1.82, 2.24) is 9.97 Å². The van der Waals surface area contributed by atoms with Gasteiger partial charge in [-0.2, -0.15) is 0 Å². The highest BCUT2D eigenvalue weighted by molar-refractivity contribution is 6.29. The lowest BCUT2D eigenvalue weighted by molar-refractivity contribution is 0.178. The van der Waals surface area contributed by atoms with Crippen LogP contribution in [-0.4, -0.2) is 23.6 Å². The van der Waals surface area contributed by atoms with Crippen LogP contribution in [0.5, 0.6) is 0 Å². The fourth-order valence-electron chi connectivity index (χ4n) is 2.81. The minimum Gasteiger partial charge on any atom is -0.377 e. The Bertz CT molecular complexity index is 419. The lowest BCUT2D eigenvalue weighted by Crippen LogP contribution is -2.26. The van der Waals surface area contributed by atoms with E-state index in [0.29, 0.717) is 23.0 Å². The van der Waals surface area contributed by atoms with Crippen molar-refractivity contribution in [1.29, 1.82) is 0 Å². The smallest absolute Gasteiger partial charge is 0.158 e. The van der Waals surface area contributed by atoms with Gasteiger partial charge in [0.2, 0.25) is 0 Å². The summed E-state index contributed by atoms with van der Waals surface area (Å²) in [6.07, 6.45) is 6.51. The molecule has 1 aliphatic carbocycles. The number of hydrogen-bond acceptors (Lipinski definition) is 4. The molecule has 1 aromatic rings. The highest BCUT2D eigenvalue weighted by Gasteiger charge is 2.31. The van der Waals surface area contributed by atoms with Crippen molar-refractivity contribution in [2.45, 2.75) is 45.6 Å². The predicted molar refractivity (Wildman–Crippen MR) is 77.4 cm³/mol. The number of nitrogens with zero attached hydrogens (tertiary/aromatic N) is 2. The standard InChI is InChI=1S/C14H22ClN3O/c1-3-14(6-4-5-7-14)10-16-12-8-11(15)17-13(18-12)9-19-2/h8H,3-7,9-10H2,1-2H3,(H,16,17,18). The fourth-order valence-corrected chi connectivity index (χ4v) is 3.01. The Morgan fingerprint density at radius 3 is 2.74 bits per heavy atom. The van der Waals surface area contributed by atoms with Crippen molar-refractivity contribution in [2.24, 2.45) is 5.41 Å². The molecule has 0 aliphatic heterocycles. The van der Waals surface area contributed by atoms with Crippen molar-refractivity contribution in [3.8, 4) is 0 Å². The Kier molecular flexibility index (Phi) is 4.99. The summed E-state index contributed by atoms with van der Waals surface area (Å²) in [7, 11) is 1.63. The van der Waals surface area contributed by atoms with E-state index < -0.39 is 0 Å². The van der Waals surface area contributed by atoms with Crippen LogP contribution in [0.3, 0.4) is 0 Å². The molecule has 1 saturated carbocycles. The van der Waals surface area contributed by atoms with Crippen LogP contribution in [0.15, 0.2) is 6.07 Å². The highest BCUT2D eigenvalue weighted by atomic mass is 35.5. The van der Waals surface area contributed by atoms with E-state index in [1.54, 1.807) is 13.2 Å². The summed E-state index contributed by atoms with van der Waals surface area (Å²) >= 11 is 6.00. The highest BCUT2D eigenvalue weighted by Crippen LogP contribution is 2.40. The number of aromatic nitrogens is 2. The van der Waals surface area contributed by atoms with E-state index in [0.717, 1.165) is 12.4 Å². The molecular formula is C14H22ClN3O. The van der Waals surface area contributed by atoms with Gasteiger partial charge in [0, 0.05) is 19.7 Å². The van der Waals surface area contributed by atoms with Gasteiger partial charge in [0.1, 0.15) is 17.6 Å². The number of rotatable bonds is 6. The summed E-state index contributed by atoms with van der Waals surface area (Å²) in [5.41, 5.74) is 0.429. The first-order chi connectivity index (χ1) is 9.17. The van der Waals surface area contributed by atoms with Crippen LogP contribution in [-0.2, 0) is 11.3 Å². The fraction of sp³-hybridized carbons (Fsp3) is 0.714. The molecule has 4 nitrogen and oxygen atoms in total. The van der Waals surface area contributed by atoms with Crippen LogP contribution >= 0.6 is 11.6 Å². The molecule has 0 unspecified atom stereocenters. The molecule has 0 amide bonds. The number of nitrogens with one attached hydrogen (secondary N) is 1. The van der Waals surface area contributed by atoms with Gasteiger partial charge in [-0.3, -0.25) is 0 Å². The molecule has 0 atom stereocenters. The van der Waals surface area contributed by atoms with Gasteiger partial charge in [-0.1, -0.05) is 31.4 Å². The van der Waals surface area contributed by atoms with Crippen molar-refractivity contribution in [2.75, 3.05) is 19.0 Å². The first-order valence-corrected chi connectivity index (χ1v) is 7.31. The summed E-state index contributed by atoms with van der Waals surface area (Å²) in [5, 5.41) is 3.89. The number of anilines is 1. The summed E-state index contributed by atoms with van der Waals surface area (Å²) in [5.74, 6) is 1.42. The lowest BCUT2D eigenvalue weighted by Gasteiger charge is -2.28. The first-order valence-electron chi connectivity index (χ1n) is 6.94. The molecule has 0 saturated heterocycles. The van der Waals surface area contributed by atoms with E-state index in [1.165, 1.54) is 32.1 Å². The summed E-state index contributed by atoms with van der Waals surface area (Å²) < 4.78 is 5.05. The zero-order valence-corrected chi connectivity index (χ0v) is 12.5. The third-order valence-electron chi connectivity index (χ3n) is 4.07. The third kappa shape index (κ3) is 3.80. The maximum atomic E-state index is 6.00. The molecule has 1 heterocycles. The number of halogens is 1. The number of methoxy groups -OCH3 is 1. The van der Waals surface area contributed by atoms with E-state index in [4.69, 9.17) is 16.3 Å². The van der Waals surface area contributed by atoms with Crippen molar-refractivity contribution >= 4 is 17.4 Å². The summed E-state index contributed by atoms with van der Waals surface area (Å²) in [4.78, 5) is 8.55. The Balaban J connectivity index is 2.02. The van der Waals surface area contributed by atoms with Gasteiger partial charge < -0.3 is 10.1 Å². The second kappa shape index (κ2) is 6.53. The molecule has 0 bridgehead atoms. The maximum Gasteiger partial charge on any atom is 0.158 e. The molecule has 1 aliphatic rings. The van der Waals surface area contributed by atoms with Gasteiger partial charge >= 0.3 is 0 Å². The normalized spacial score (nSPS) is 17.6. The van der Waals surface area contributed by atoms with Gasteiger partial charge in [0.25, 0.3) is 0 Å². The molecule has 2 rings (SSSR count). The Morgan fingerprint density at radius 1 is 1.37 bits per heavy atom. The second-order valence-electron chi connectivity index (χ2n) is 5.34. The Morgan fingerprint density at radius 2 is 2.11 bits per heavy atom. The molecule has 0 radical (unpaired) electrons. The minimum absolute atomic E-state index is 0.383. The average molecular weight is 284 g/mol. The summed E-state index contributed by atoms with van der Waals surface area (Å²) in [6.45, 7) is 3.62. The van der Waals surface area contributed by atoms with Crippen molar-refractivity contribution in [3.05, 3.63) is 17.0 Å². The molecule has 0 aromatic carbocycles. The zero-order chi connectivity index (χ0) is 13.7. The molecule has 19 heavy (non-hydrogen) atoms. The summed E-state index contributed by atoms with van der Waals surface area (Å²) in [6, 6.07) is 1.78. The quantitative estimate of drug-likeness (QED) is 0.810. The molecule has 5 heteroatoms. The van der Waals surface area contributed by atoms with E-state index in [9.17, 15) is 0 Å². The van der Waals surface area contributed by atoms with Crippen molar-refractivity contribution < 1.29 is 4.74 Å². The zero-order valence-electron chi connectivity index (χ0n) is 11.7. The van der Waals surface area contributed by atoms with Gasteiger partial charge in [-0.25, -0.2) is 9.97 Å². The number of hydrogen-bond donors (Lipinski definition) is 1. The van der Waals surface area contributed by atoms with Gasteiger partial charge in [-0.05, 0) is 24.7 Å². The third-order valence-corrected chi connectivity index (χ3v) is 4.27. The van der Waals surface area contributed by atoms with E-state index in [-0.39, 0.29) is 0 Å². The molecule has 1 aromatic heterocycles. The maximum absolute atomic E-state index is 6.00. The van der Waals surface area contributed by atoms with Crippen LogP contribution in [0.4, 0.5) is 5.82 Å². The molecular weight excluding hydrogens is 262 g/mol. The number of ether oxygens (including phenoxy) is 1. The van der Waals surface area contributed by atoms with Gasteiger partial charge in [0.05, 0.1) is 0 Å². The Hall–Kier alpha value is -0.870. The van der Waals surface area contributed by atoms with E-state index in [2.05, 4.69) is 22.2 Å². The topological polar surface area (TPSA) is 47.0 Å². The Labute approximate surface area is 119 Å². The van der Waals surface area contributed by atoms with Gasteiger partial charge in [-0.15, -0.1) is 0 Å². The van der Waals surface area contributed by atoms with Crippen LogP contribution in [0.1, 0.15) is 44.9 Å². The second-order valence-corrected chi connectivity index (χ2v) is 5.73.